The number of nitrogens with zero attached hydrogens (tertiary/aromatic N) is 2. The van der Waals surface area contributed by atoms with Crippen molar-refractivity contribution in [3.63, 3.8) is 0 Å². The molecule has 2 aromatic heterocycles. The first-order valence-electron chi connectivity index (χ1n) is 20.7. The molecule has 284 valence electrons. The normalized spacial score (nSPS) is 13.0. The summed E-state index contributed by atoms with van der Waals surface area (Å²) in [6.07, 6.45) is 0. The Morgan fingerprint density at radius 1 is 0.383 bits per heavy atom. The molecule has 0 atom stereocenters. The molecule has 1 aliphatic rings. The summed E-state index contributed by atoms with van der Waals surface area (Å²) in [5.74, 6) is 0. The number of hydrogen-bond donors (Lipinski definition) is 0. The summed E-state index contributed by atoms with van der Waals surface area (Å²) in [5.41, 5.74) is 18.7. The van der Waals surface area contributed by atoms with Gasteiger partial charge in [-0.15, -0.1) is 0 Å². The predicted molar refractivity (Wildman–Crippen MR) is 251 cm³/mol. The Morgan fingerprint density at radius 2 is 0.967 bits per heavy atom. The fourth-order valence-electron chi connectivity index (χ4n) is 9.79. The Kier molecular flexibility index (Phi) is 7.58. The van der Waals surface area contributed by atoms with Crippen LogP contribution in [0.15, 0.2) is 211 Å². The average molecular weight is 769 g/mol. The van der Waals surface area contributed by atoms with Crippen LogP contribution in [0, 0.1) is 0 Å². The van der Waals surface area contributed by atoms with Gasteiger partial charge >= 0.3 is 0 Å². The number of aromatic nitrogens is 1. The summed E-state index contributed by atoms with van der Waals surface area (Å²) in [4.78, 5) is 2.32. The first-order chi connectivity index (χ1) is 29.5. The maximum atomic E-state index is 6.39. The highest BCUT2D eigenvalue weighted by Gasteiger charge is 2.36. The Morgan fingerprint density at radius 3 is 1.73 bits per heavy atom. The summed E-state index contributed by atoms with van der Waals surface area (Å²) < 4.78 is 8.83. The molecular formula is C57H40N2O. The lowest BCUT2D eigenvalue weighted by molar-refractivity contribution is 0.661. The van der Waals surface area contributed by atoms with Gasteiger partial charge < -0.3 is 13.9 Å². The third-order valence-electron chi connectivity index (χ3n) is 12.8. The van der Waals surface area contributed by atoms with Gasteiger partial charge in [0.2, 0.25) is 0 Å². The highest BCUT2D eigenvalue weighted by atomic mass is 16.3. The fraction of sp³-hybridized carbons (Fsp3) is 0.0526. The highest BCUT2D eigenvalue weighted by molar-refractivity contribution is 6.13. The second-order valence-electron chi connectivity index (χ2n) is 16.6. The maximum Gasteiger partial charge on any atom is 0.137 e. The van der Waals surface area contributed by atoms with E-state index in [9.17, 15) is 0 Å². The molecule has 3 heteroatoms. The van der Waals surface area contributed by atoms with Crippen LogP contribution in [0.2, 0.25) is 0 Å². The van der Waals surface area contributed by atoms with Crippen LogP contribution in [0.3, 0.4) is 0 Å². The molecule has 12 rings (SSSR count). The van der Waals surface area contributed by atoms with Gasteiger partial charge in [0.05, 0.1) is 11.0 Å². The van der Waals surface area contributed by atoms with Gasteiger partial charge in [-0.05, 0) is 123 Å². The molecule has 9 aromatic carbocycles. The molecule has 0 spiro atoms. The number of benzene rings is 9. The molecule has 0 N–H and O–H groups in total. The van der Waals surface area contributed by atoms with E-state index in [2.05, 4.69) is 217 Å². The SMILES string of the molecule is CC1(C)c2ccccc2-c2cc3c4cc(-c5ccc(N(c6ccc(-c7ccccc7)cc6)c6ccc7c(c6)oc6ccccc67)cc5)ccc4n(-c4ccccc4)c3cc21. The van der Waals surface area contributed by atoms with E-state index in [0.29, 0.717) is 0 Å². The number of anilines is 3. The second kappa shape index (κ2) is 13.2. The van der Waals surface area contributed by atoms with Crippen molar-refractivity contribution in [1.29, 1.82) is 0 Å². The van der Waals surface area contributed by atoms with Gasteiger partial charge in [0.15, 0.2) is 0 Å². The zero-order valence-corrected chi connectivity index (χ0v) is 33.4. The van der Waals surface area contributed by atoms with Crippen molar-refractivity contribution in [3.8, 4) is 39.1 Å². The van der Waals surface area contributed by atoms with Crippen LogP contribution < -0.4 is 4.90 Å². The van der Waals surface area contributed by atoms with E-state index in [1.165, 1.54) is 72.0 Å². The largest absolute Gasteiger partial charge is 0.456 e. The number of fused-ring (bicyclic) bond motifs is 9. The van der Waals surface area contributed by atoms with Crippen molar-refractivity contribution in [1.82, 2.24) is 4.57 Å². The standard InChI is InChI=1S/C57H40N2O/c1-57(2)51-19-11-9-17-45(51)48-35-50-49-33-40(25-32-53(49)59(54(50)36-52(48)57)41-15-7-4-8-16-41)39-23-28-43(29-24-39)58(42-26-21-38(22-27-42)37-13-5-3-6-14-37)44-30-31-47-46-18-10-12-20-55(46)60-56(47)34-44/h3-36H,1-2H3. The quantitative estimate of drug-likeness (QED) is 0.168. The van der Waals surface area contributed by atoms with Crippen LogP contribution >= 0.6 is 0 Å². The molecule has 1 aliphatic carbocycles. The molecule has 60 heavy (non-hydrogen) atoms. The Hall–Kier alpha value is -7.62. The van der Waals surface area contributed by atoms with Crippen LogP contribution in [0.25, 0.3) is 82.8 Å². The summed E-state index contributed by atoms with van der Waals surface area (Å²) in [7, 11) is 0. The van der Waals surface area contributed by atoms with E-state index in [1.54, 1.807) is 0 Å². The van der Waals surface area contributed by atoms with Gasteiger partial charge in [-0.25, -0.2) is 0 Å². The third kappa shape index (κ3) is 5.29. The molecule has 2 heterocycles. The lowest BCUT2D eigenvalue weighted by Gasteiger charge is -2.26. The molecule has 0 bridgehead atoms. The molecule has 0 unspecified atom stereocenters. The Bertz CT molecular complexity index is 3430. The van der Waals surface area contributed by atoms with Crippen LogP contribution in [-0.2, 0) is 5.41 Å². The van der Waals surface area contributed by atoms with Crippen molar-refractivity contribution >= 4 is 60.8 Å². The van der Waals surface area contributed by atoms with Gasteiger partial charge in [0.25, 0.3) is 0 Å². The summed E-state index contributed by atoms with van der Waals surface area (Å²) >= 11 is 0. The first-order valence-corrected chi connectivity index (χ1v) is 20.7. The molecular weight excluding hydrogens is 729 g/mol. The molecule has 0 aliphatic heterocycles. The van der Waals surface area contributed by atoms with Crippen molar-refractivity contribution in [2.75, 3.05) is 4.90 Å². The van der Waals surface area contributed by atoms with Gasteiger partial charge in [-0.2, -0.15) is 0 Å². The van der Waals surface area contributed by atoms with Crippen LogP contribution in [0.1, 0.15) is 25.0 Å². The Labute approximate surface area is 349 Å². The van der Waals surface area contributed by atoms with E-state index in [0.717, 1.165) is 39.0 Å². The van der Waals surface area contributed by atoms with E-state index in [1.807, 2.05) is 12.1 Å². The zero-order valence-electron chi connectivity index (χ0n) is 33.4. The fourth-order valence-corrected chi connectivity index (χ4v) is 9.79. The van der Waals surface area contributed by atoms with Crippen LogP contribution in [0.4, 0.5) is 17.1 Å². The van der Waals surface area contributed by atoms with E-state index in [4.69, 9.17) is 4.42 Å². The van der Waals surface area contributed by atoms with Crippen molar-refractivity contribution < 1.29 is 4.42 Å². The van der Waals surface area contributed by atoms with Gasteiger partial charge in [0.1, 0.15) is 11.2 Å². The zero-order chi connectivity index (χ0) is 40.0. The molecule has 0 fully saturated rings. The molecule has 11 aromatic rings. The number of furan rings is 1. The minimum absolute atomic E-state index is 0.0827. The minimum Gasteiger partial charge on any atom is -0.456 e. The topological polar surface area (TPSA) is 21.3 Å². The maximum absolute atomic E-state index is 6.39. The van der Waals surface area contributed by atoms with Crippen molar-refractivity contribution in [2.45, 2.75) is 19.3 Å². The minimum atomic E-state index is -0.0827. The van der Waals surface area contributed by atoms with Gasteiger partial charge in [0, 0.05) is 55.8 Å². The lowest BCUT2D eigenvalue weighted by Crippen LogP contribution is -2.14. The molecule has 0 saturated heterocycles. The monoisotopic (exact) mass is 768 g/mol. The van der Waals surface area contributed by atoms with Crippen LogP contribution in [-0.4, -0.2) is 4.57 Å². The first kappa shape index (κ1) is 34.4. The summed E-state index contributed by atoms with van der Waals surface area (Å²) in [6.45, 7) is 4.72. The van der Waals surface area contributed by atoms with E-state index >= 15 is 0 Å². The summed E-state index contributed by atoms with van der Waals surface area (Å²) in [5, 5.41) is 4.76. The molecule has 0 saturated carbocycles. The number of para-hydroxylation sites is 2. The second-order valence-corrected chi connectivity index (χ2v) is 16.6. The highest BCUT2D eigenvalue weighted by Crippen LogP contribution is 2.51. The Balaban J connectivity index is 0.984. The van der Waals surface area contributed by atoms with E-state index in [-0.39, 0.29) is 5.41 Å². The number of rotatable bonds is 6. The third-order valence-corrected chi connectivity index (χ3v) is 12.8. The molecule has 0 amide bonds. The van der Waals surface area contributed by atoms with Crippen LogP contribution in [0.5, 0.6) is 0 Å². The molecule has 3 nitrogen and oxygen atoms in total. The van der Waals surface area contributed by atoms with Crippen molar-refractivity contribution in [2.24, 2.45) is 0 Å². The summed E-state index contributed by atoms with van der Waals surface area (Å²) in [6, 6.07) is 74.8. The van der Waals surface area contributed by atoms with Gasteiger partial charge in [-0.3, -0.25) is 0 Å². The lowest BCUT2D eigenvalue weighted by atomic mass is 9.82. The predicted octanol–water partition coefficient (Wildman–Crippen LogP) is 15.8. The van der Waals surface area contributed by atoms with Crippen molar-refractivity contribution in [3.05, 3.63) is 217 Å². The average Bonchev–Trinajstić information content (AvgIpc) is 3.91. The smallest absolute Gasteiger partial charge is 0.137 e. The van der Waals surface area contributed by atoms with Gasteiger partial charge in [-0.1, -0.05) is 135 Å². The molecule has 0 radical (unpaired) electrons. The number of hydrogen-bond acceptors (Lipinski definition) is 2. The van der Waals surface area contributed by atoms with E-state index < -0.39 is 0 Å².